The highest BCUT2D eigenvalue weighted by molar-refractivity contribution is 7.89. The number of nitrogens with zero attached hydrogens (tertiary/aromatic N) is 2. The number of hydrogen-bond donors (Lipinski definition) is 1. The Bertz CT molecular complexity index is 773. The molecule has 1 atom stereocenters. The number of carbonyl (C=O) groups excluding carboxylic acids is 1. The number of hydrogen-bond acceptors (Lipinski definition) is 4. The van der Waals surface area contributed by atoms with Crippen LogP contribution in [0.25, 0.3) is 0 Å². The van der Waals surface area contributed by atoms with Crippen molar-refractivity contribution < 1.29 is 13.2 Å². The molecule has 27 heavy (non-hydrogen) atoms. The molecule has 0 spiro atoms. The molecule has 2 fully saturated rings. The number of anilines is 1. The molecule has 0 saturated carbocycles. The van der Waals surface area contributed by atoms with Crippen LogP contribution in [0, 0.1) is 6.92 Å². The summed E-state index contributed by atoms with van der Waals surface area (Å²) in [5.74, 6) is 0.0724. The molecule has 7 heteroatoms. The predicted octanol–water partition coefficient (Wildman–Crippen LogP) is 2.98. The van der Waals surface area contributed by atoms with E-state index in [1.165, 1.54) is 6.42 Å². The second-order valence-corrected chi connectivity index (χ2v) is 9.64. The second kappa shape index (κ2) is 8.61. The Morgan fingerprint density at radius 2 is 1.81 bits per heavy atom. The van der Waals surface area contributed by atoms with Gasteiger partial charge in [0.25, 0.3) is 0 Å². The number of nitrogens with one attached hydrogen (secondary N) is 1. The molecule has 2 heterocycles. The summed E-state index contributed by atoms with van der Waals surface area (Å²) in [5, 5.41) is 3.13. The summed E-state index contributed by atoms with van der Waals surface area (Å²) in [6.07, 6.45) is 6.20. The van der Waals surface area contributed by atoms with Gasteiger partial charge in [0.15, 0.2) is 0 Å². The Hall–Kier alpha value is -1.60. The van der Waals surface area contributed by atoms with Crippen LogP contribution in [-0.4, -0.2) is 55.8 Å². The van der Waals surface area contributed by atoms with Gasteiger partial charge in [0.05, 0.1) is 11.4 Å². The number of rotatable bonds is 5. The molecule has 1 N–H and O–H groups in total. The van der Waals surface area contributed by atoms with Crippen LogP contribution in [0.2, 0.25) is 0 Å². The molecular weight excluding hydrogens is 362 g/mol. The number of aryl methyl sites for hydroxylation is 1. The van der Waals surface area contributed by atoms with Crippen LogP contribution < -0.4 is 5.32 Å². The molecule has 0 aliphatic carbocycles. The molecule has 0 aromatic heterocycles. The lowest BCUT2D eigenvalue weighted by Crippen LogP contribution is -2.44. The molecule has 1 aromatic carbocycles. The van der Waals surface area contributed by atoms with Crippen molar-refractivity contribution in [1.82, 2.24) is 9.21 Å². The van der Waals surface area contributed by atoms with Gasteiger partial charge in [0.1, 0.15) is 0 Å². The summed E-state index contributed by atoms with van der Waals surface area (Å²) in [7, 11) is -3.49. The maximum Gasteiger partial charge on any atom is 0.243 e. The summed E-state index contributed by atoms with van der Waals surface area (Å²) in [6, 6.07) is 5.61. The fourth-order valence-electron chi connectivity index (χ4n) is 3.98. The molecule has 1 aromatic rings. The summed E-state index contributed by atoms with van der Waals surface area (Å²) >= 11 is 0. The predicted molar refractivity (Wildman–Crippen MR) is 107 cm³/mol. The lowest BCUT2D eigenvalue weighted by atomic mass is 10.0. The summed E-state index contributed by atoms with van der Waals surface area (Å²) in [5.41, 5.74) is 1.41. The number of sulfonamides is 1. The van der Waals surface area contributed by atoms with Gasteiger partial charge in [-0.15, -0.1) is 0 Å². The van der Waals surface area contributed by atoms with Crippen molar-refractivity contribution in [1.29, 1.82) is 0 Å². The van der Waals surface area contributed by atoms with E-state index >= 15 is 0 Å². The zero-order valence-electron chi connectivity index (χ0n) is 16.4. The van der Waals surface area contributed by atoms with E-state index in [0.29, 0.717) is 23.7 Å². The number of likely N-dealkylation sites (tertiary alicyclic amines) is 1. The van der Waals surface area contributed by atoms with E-state index in [2.05, 4.69) is 12.2 Å². The number of amides is 1. The topological polar surface area (TPSA) is 69.7 Å². The molecule has 2 aliphatic heterocycles. The van der Waals surface area contributed by atoms with Gasteiger partial charge in [-0.25, -0.2) is 8.42 Å². The van der Waals surface area contributed by atoms with Crippen molar-refractivity contribution in [2.75, 3.05) is 31.5 Å². The van der Waals surface area contributed by atoms with Crippen LogP contribution in [-0.2, 0) is 14.8 Å². The summed E-state index contributed by atoms with van der Waals surface area (Å²) < 4.78 is 27.6. The Balaban J connectivity index is 1.70. The van der Waals surface area contributed by atoms with E-state index in [0.717, 1.165) is 44.2 Å². The summed E-state index contributed by atoms with van der Waals surface area (Å²) in [6.45, 7) is 6.09. The van der Waals surface area contributed by atoms with E-state index in [9.17, 15) is 13.2 Å². The number of carbonyl (C=O) groups is 1. The van der Waals surface area contributed by atoms with Gasteiger partial charge < -0.3 is 10.2 Å². The van der Waals surface area contributed by atoms with Crippen LogP contribution in [0.4, 0.5) is 5.69 Å². The first kappa shape index (κ1) is 20.1. The Morgan fingerprint density at radius 1 is 1.11 bits per heavy atom. The molecule has 0 radical (unpaired) electrons. The first-order valence-electron chi connectivity index (χ1n) is 10.0. The normalized spacial score (nSPS) is 21.9. The third kappa shape index (κ3) is 4.63. The van der Waals surface area contributed by atoms with Crippen molar-refractivity contribution in [2.24, 2.45) is 0 Å². The molecule has 150 valence electrons. The van der Waals surface area contributed by atoms with E-state index in [-0.39, 0.29) is 18.5 Å². The van der Waals surface area contributed by atoms with Gasteiger partial charge in [-0.2, -0.15) is 4.31 Å². The lowest BCUT2D eigenvalue weighted by Gasteiger charge is -2.33. The fraction of sp³-hybridized carbons (Fsp3) is 0.650. The third-order valence-corrected chi connectivity index (χ3v) is 7.73. The van der Waals surface area contributed by atoms with Crippen molar-refractivity contribution in [3.05, 3.63) is 23.8 Å². The molecule has 0 unspecified atom stereocenters. The maximum atomic E-state index is 13.0. The third-order valence-electron chi connectivity index (χ3n) is 5.69. The molecular formula is C20H31N3O3S. The fourth-order valence-corrected chi connectivity index (χ4v) is 5.75. The first-order chi connectivity index (χ1) is 12.9. The van der Waals surface area contributed by atoms with Crippen molar-refractivity contribution in [3.63, 3.8) is 0 Å². The highest BCUT2D eigenvalue weighted by Crippen LogP contribution is 2.26. The highest BCUT2D eigenvalue weighted by Gasteiger charge is 2.28. The van der Waals surface area contributed by atoms with Gasteiger partial charge in [-0.1, -0.05) is 12.5 Å². The average Bonchev–Trinajstić information content (AvgIpc) is 2.68. The Labute approximate surface area is 163 Å². The number of benzene rings is 1. The average molecular weight is 394 g/mol. The first-order valence-corrected chi connectivity index (χ1v) is 11.5. The molecule has 2 aliphatic rings. The lowest BCUT2D eigenvalue weighted by molar-refractivity contribution is -0.132. The minimum atomic E-state index is -3.49. The van der Waals surface area contributed by atoms with E-state index in [1.807, 2.05) is 24.0 Å². The van der Waals surface area contributed by atoms with E-state index in [1.54, 1.807) is 10.4 Å². The van der Waals surface area contributed by atoms with Crippen LogP contribution in [0.15, 0.2) is 23.1 Å². The smallest absolute Gasteiger partial charge is 0.243 e. The van der Waals surface area contributed by atoms with E-state index in [4.69, 9.17) is 0 Å². The van der Waals surface area contributed by atoms with Crippen LogP contribution in [0.1, 0.15) is 51.0 Å². The van der Waals surface area contributed by atoms with Gasteiger partial charge >= 0.3 is 0 Å². The van der Waals surface area contributed by atoms with Gasteiger partial charge in [0.2, 0.25) is 15.9 Å². The van der Waals surface area contributed by atoms with Gasteiger partial charge in [-0.05, 0) is 63.6 Å². The maximum absolute atomic E-state index is 13.0. The Morgan fingerprint density at radius 3 is 2.52 bits per heavy atom. The molecule has 1 amide bonds. The highest BCUT2D eigenvalue weighted by atomic mass is 32.2. The van der Waals surface area contributed by atoms with Crippen LogP contribution in [0.5, 0.6) is 0 Å². The molecule has 3 rings (SSSR count). The zero-order chi connectivity index (χ0) is 19.4. The van der Waals surface area contributed by atoms with Crippen LogP contribution >= 0.6 is 0 Å². The van der Waals surface area contributed by atoms with Crippen molar-refractivity contribution in [2.45, 2.75) is 63.3 Å². The Kier molecular flexibility index (Phi) is 6.42. The van der Waals surface area contributed by atoms with Crippen molar-refractivity contribution >= 4 is 21.6 Å². The minimum Gasteiger partial charge on any atom is -0.376 e. The number of piperidine rings is 2. The summed E-state index contributed by atoms with van der Waals surface area (Å²) in [4.78, 5) is 14.8. The SMILES string of the molecule is Cc1ccc(NCC(=O)N2CCCC[C@H]2C)cc1S(=O)(=O)N1CCCCC1. The standard InChI is InChI=1S/C20H31N3O3S/c1-16-9-10-18(21-15-20(24)23-13-7-4-8-17(23)2)14-19(16)27(25,26)22-11-5-3-6-12-22/h9-10,14,17,21H,3-8,11-13,15H2,1-2H3/t17-/m1/s1. The van der Waals surface area contributed by atoms with Gasteiger partial charge in [0, 0.05) is 31.4 Å². The molecule has 6 nitrogen and oxygen atoms in total. The van der Waals surface area contributed by atoms with Crippen molar-refractivity contribution in [3.8, 4) is 0 Å². The van der Waals surface area contributed by atoms with E-state index < -0.39 is 10.0 Å². The quantitative estimate of drug-likeness (QED) is 0.835. The molecule has 2 saturated heterocycles. The second-order valence-electron chi connectivity index (χ2n) is 7.73. The monoisotopic (exact) mass is 393 g/mol. The largest absolute Gasteiger partial charge is 0.376 e. The van der Waals surface area contributed by atoms with Gasteiger partial charge in [-0.3, -0.25) is 4.79 Å². The molecule has 0 bridgehead atoms. The zero-order valence-corrected chi connectivity index (χ0v) is 17.2. The van der Waals surface area contributed by atoms with Crippen LogP contribution in [0.3, 0.4) is 0 Å². The minimum absolute atomic E-state index is 0.0724.